The molecule has 0 heterocycles. The zero-order valence-electron chi connectivity index (χ0n) is 27.6. The van der Waals surface area contributed by atoms with Gasteiger partial charge in [0.15, 0.2) is 5.75 Å². The molecule has 0 atom stereocenters. The normalized spacial score (nSPS) is 11.1. The van der Waals surface area contributed by atoms with E-state index in [0.717, 1.165) is 63.9 Å². The van der Waals surface area contributed by atoms with Gasteiger partial charge in [-0.3, -0.25) is 4.79 Å². The van der Waals surface area contributed by atoms with Gasteiger partial charge in [-0.1, -0.05) is 104 Å². The molecule has 0 saturated heterocycles. The Balaban J connectivity index is 2.04. The summed E-state index contributed by atoms with van der Waals surface area (Å²) < 4.78 is 22.4. The van der Waals surface area contributed by atoms with Crippen LogP contribution in [-0.2, 0) is 19.1 Å². The third-order valence-corrected chi connectivity index (χ3v) is 7.16. The summed E-state index contributed by atoms with van der Waals surface area (Å²) in [5.74, 6) is -1.22. The van der Waals surface area contributed by atoms with Crippen molar-refractivity contribution in [3.05, 3.63) is 65.9 Å². The Morgan fingerprint density at radius 2 is 1.20 bits per heavy atom. The third kappa shape index (κ3) is 16.2. The van der Waals surface area contributed by atoms with Crippen LogP contribution >= 0.6 is 0 Å². The zero-order valence-corrected chi connectivity index (χ0v) is 27.6. The lowest BCUT2D eigenvalue weighted by Gasteiger charge is -2.14. The molecule has 0 bridgehead atoms. The van der Waals surface area contributed by atoms with E-state index in [2.05, 4.69) is 26.1 Å². The van der Waals surface area contributed by atoms with E-state index in [1.54, 1.807) is 48.5 Å². The lowest BCUT2D eigenvalue weighted by Crippen LogP contribution is -2.18. The number of anilines is 1. The van der Waals surface area contributed by atoms with Gasteiger partial charge in [-0.2, -0.15) is 0 Å². The van der Waals surface area contributed by atoms with Crippen LogP contribution in [0, 0.1) is 0 Å². The predicted molar refractivity (Wildman–Crippen MR) is 179 cm³/mol. The highest BCUT2D eigenvalue weighted by atomic mass is 16.6. The van der Waals surface area contributed by atoms with Crippen molar-refractivity contribution in [3.63, 3.8) is 0 Å². The second kappa shape index (κ2) is 23.6. The Hall–Kier alpha value is -3.81. The predicted octanol–water partition coefficient (Wildman–Crippen LogP) is 9.19. The molecule has 8 nitrogen and oxygen atoms in total. The van der Waals surface area contributed by atoms with Gasteiger partial charge in [-0.25, -0.2) is 9.59 Å². The summed E-state index contributed by atoms with van der Waals surface area (Å²) in [4.78, 5) is 38.6. The van der Waals surface area contributed by atoms with Crippen LogP contribution in [0.15, 0.2) is 60.4 Å². The van der Waals surface area contributed by atoms with Gasteiger partial charge in [0.25, 0.3) is 5.91 Å². The molecular formula is C37H53NO7. The summed E-state index contributed by atoms with van der Waals surface area (Å²) in [6.45, 7) is 7.53. The van der Waals surface area contributed by atoms with Crippen LogP contribution in [0.3, 0.4) is 0 Å². The van der Waals surface area contributed by atoms with Crippen molar-refractivity contribution in [2.45, 2.75) is 111 Å². The van der Waals surface area contributed by atoms with Gasteiger partial charge in [0, 0.05) is 5.56 Å². The van der Waals surface area contributed by atoms with Crippen molar-refractivity contribution in [2.24, 2.45) is 0 Å². The number of nitrogens with one attached hydrogen (secondary N) is 1. The van der Waals surface area contributed by atoms with Crippen LogP contribution < -0.4 is 14.8 Å². The molecule has 2 aromatic rings. The molecule has 0 aliphatic carbocycles. The maximum Gasteiger partial charge on any atom is 0.374 e. The first-order chi connectivity index (χ1) is 22.0. The Morgan fingerprint density at radius 1 is 0.644 bits per heavy atom. The van der Waals surface area contributed by atoms with Gasteiger partial charge < -0.3 is 24.3 Å². The number of amides is 1. The fourth-order valence-corrected chi connectivity index (χ4v) is 4.49. The molecule has 0 radical (unpaired) electrons. The number of unbranched alkanes of at least 4 members (excludes halogenated alkanes) is 11. The van der Waals surface area contributed by atoms with Crippen LogP contribution in [0.2, 0.25) is 0 Å². The summed E-state index contributed by atoms with van der Waals surface area (Å²) in [5, 5.41) is 2.84. The molecule has 45 heavy (non-hydrogen) atoms. The van der Waals surface area contributed by atoms with Gasteiger partial charge in [-0.05, 0) is 55.7 Å². The summed E-state index contributed by atoms with van der Waals surface area (Å²) >= 11 is 0. The number of ether oxygens (including phenoxy) is 4. The maximum absolute atomic E-state index is 13.1. The number of carbonyl (C=O) groups excluding carboxylic acids is 3. The number of hydrogen-bond acceptors (Lipinski definition) is 7. The number of esters is 2. The second-order valence-corrected chi connectivity index (χ2v) is 11.1. The van der Waals surface area contributed by atoms with Crippen molar-refractivity contribution >= 4 is 23.5 Å². The first-order valence-corrected chi connectivity index (χ1v) is 16.8. The molecule has 2 rings (SSSR count). The first kappa shape index (κ1) is 37.4. The highest BCUT2D eigenvalue weighted by Gasteiger charge is 2.19. The number of hydrogen-bond donors (Lipinski definition) is 1. The van der Waals surface area contributed by atoms with Crippen molar-refractivity contribution in [2.75, 3.05) is 25.1 Å². The van der Waals surface area contributed by atoms with E-state index >= 15 is 0 Å². The topological polar surface area (TPSA) is 100 Å². The van der Waals surface area contributed by atoms with Crippen LogP contribution in [0.5, 0.6) is 11.5 Å². The summed E-state index contributed by atoms with van der Waals surface area (Å²) in [7, 11) is 0. The quantitative estimate of drug-likeness (QED) is 0.0538. The largest absolute Gasteiger partial charge is 0.494 e. The fraction of sp³-hybridized carbons (Fsp3) is 0.541. The first-order valence-electron chi connectivity index (χ1n) is 16.8. The van der Waals surface area contributed by atoms with Gasteiger partial charge in [-0.15, -0.1) is 0 Å². The van der Waals surface area contributed by atoms with Crippen LogP contribution in [0.25, 0.3) is 0 Å². The minimum atomic E-state index is -0.771. The molecular weight excluding hydrogens is 570 g/mol. The fourth-order valence-electron chi connectivity index (χ4n) is 4.49. The smallest absolute Gasteiger partial charge is 0.374 e. The summed E-state index contributed by atoms with van der Waals surface area (Å²) in [5.41, 5.74) is 0.770. The minimum Gasteiger partial charge on any atom is -0.494 e. The van der Waals surface area contributed by atoms with E-state index in [9.17, 15) is 14.4 Å². The van der Waals surface area contributed by atoms with Crippen LogP contribution in [0.4, 0.5) is 5.69 Å². The Kier molecular flexibility index (Phi) is 19.6. The van der Waals surface area contributed by atoms with Gasteiger partial charge >= 0.3 is 11.9 Å². The Labute approximate surface area is 269 Å². The van der Waals surface area contributed by atoms with Gasteiger partial charge in [0.1, 0.15) is 5.75 Å². The third-order valence-electron chi connectivity index (χ3n) is 7.16. The number of para-hydroxylation sites is 2. The van der Waals surface area contributed by atoms with Crippen molar-refractivity contribution in [1.29, 1.82) is 0 Å². The monoisotopic (exact) mass is 623 g/mol. The molecule has 0 spiro atoms. The Morgan fingerprint density at radius 3 is 1.87 bits per heavy atom. The highest BCUT2D eigenvalue weighted by molar-refractivity contribution is 6.05. The second-order valence-electron chi connectivity index (χ2n) is 11.1. The average Bonchev–Trinajstić information content (AvgIpc) is 3.04. The zero-order chi connectivity index (χ0) is 32.5. The minimum absolute atomic E-state index is 0.190. The van der Waals surface area contributed by atoms with Crippen LogP contribution in [-0.4, -0.2) is 37.7 Å². The average molecular weight is 624 g/mol. The maximum atomic E-state index is 13.1. The molecule has 1 N–H and O–H groups in total. The van der Waals surface area contributed by atoms with Crippen LogP contribution in [0.1, 0.15) is 121 Å². The van der Waals surface area contributed by atoms with E-state index < -0.39 is 11.9 Å². The molecule has 2 aromatic carbocycles. The number of rotatable bonds is 24. The van der Waals surface area contributed by atoms with E-state index in [1.165, 1.54) is 25.7 Å². The van der Waals surface area contributed by atoms with Crippen molar-refractivity contribution in [1.82, 2.24) is 0 Å². The number of benzene rings is 2. The van der Waals surface area contributed by atoms with E-state index in [1.807, 2.05) is 0 Å². The van der Waals surface area contributed by atoms with E-state index in [-0.39, 0.29) is 30.6 Å². The van der Waals surface area contributed by atoms with Gasteiger partial charge in [0.05, 0.1) is 31.6 Å². The molecule has 1 amide bonds. The standard InChI is InChI=1S/C37H53NO7/c1-4-7-10-13-14-19-26-42-31-24-22-30(23-25-31)36(40)38-32-20-15-16-21-33(32)45-34(37(41)44-28-18-12-9-6-3)29-35(39)43-27-17-11-8-5-2/h15-16,20-25,29H,4-14,17-19,26-28H2,1-3H3,(H,38,40)/b34-29-. The van der Waals surface area contributed by atoms with Crippen molar-refractivity contribution in [3.8, 4) is 11.5 Å². The highest BCUT2D eigenvalue weighted by Crippen LogP contribution is 2.27. The van der Waals surface area contributed by atoms with Crippen molar-refractivity contribution < 1.29 is 33.3 Å². The molecule has 0 aromatic heterocycles. The molecule has 0 aliphatic rings. The molecule has 0 unspecified atom stereocenters. The summed E-state index contributed by atoms with van der Waals surface area (Å²) in [6.07, 6.45) is 15.7. The lowest BCUT2D eigenvalue weighted by molar-refractivity contribution is -0.143. The SMILES string of the molecule is CCCCCCCCOc1ccc(C(=O)Nc2ccccc2O/C(=C\C(=O)OCCCCCC)C(=O)OCCCCCC)cc1. The molecule has 0 aliphatic heterocycles. The van der Waals surface area contributed by atoms with E-state index in [4.69, 9.17) is 18.9 Å². The molecule has 8 heteroatoms. The lowest BCUT2D eigenvalue weighted by atomic mass is 10.1. The molecule has 0 saturated carbocycles. The number of carbonyl (C=O) groups is 3. The molecule has 248 valence electrons. The van der Waals surface area contributed by atoms with E-state index in [0.29, 0.717) is 30.0 Å². The molecule has 0 fully saturated rings. The van der Waals surface area contributed by atoms with Gasteiger partial charge in [0.2, 0.25) is 5.76 Å². The summed E-state index contributed by atoms with van der Waals surface area (Å²) in [6, 6.07) is 13.7. The Bertz CT molecular complexity index is 1160.